The Morgan fingerprint density at radius 2 is 2.00 bits per heavy atom. The Bertz CT molecular complexity index is 278. The van der Waals surface area contributed by atoms with Crippen molar-refractivity contribution in [3.63, 3.8) is 0 Å². The lowest BCUT2D eigenvalue weighted by Crippen LogP contribution is -2.07. The summed E-state index contributed by atoms with van der Waals surface area (Å²) < 4.78 is 36.3. The third-order valence-corrected chi connectivity index (χ3v) is 2.26. The Morgan fingerprint density at radius 3 is 2.31 bits per heavy atom. The van der Waals surface area contributed by atoms with Gasteiger partial charge in [-0.15, -0.1) is 0 Å². The zero-order valence-corrected chi connectivity index (χ0v) is 8.93. The van der Waals surface area contributed by atoms with Crippen molar-refractivity contribution in [1.82, 2.24) is 4.98 Å². The van der Waals surface area contributed by atoms with Crippen LogP contribution >= 0.6 is 22.6 Å². The fourth-order valence-corrected chi connectivity index (χ4v) is 1.18. The molecule has 0 bridgehead atoms. The third kappa shape index (κ3) is 2.82. The van der Waals surface area contributed by atoms with E-state index in [4.69, 9.17) is 0 Å². The summed E-state index contributed by atoms with van der Waals surface area (Å²) in [6.45, 7) is 1.89. The largest absolute Gasteiger partial charge is 0.433 e. The first-order valence-electron chi connectivity index (χ1n) is 3.58. The number of aromatic nitrogens is 1. The summed E-state index contributed by atoms with van der Waals surface area (Å²) in [5, 5.41) is 0. The molecule has 0 aliphatic carbocycles. The normalized spacial score (nSPS) is 14.2. The summed E-state index contributed by atoms with van der Waals surface area (Å²) in [5.74, 6) is 0. The zero-order chi connectivity index (χ0) is 10.1. The van der Waals surface area contributed by atoms with Crippen LogP contribution in [0.25, 0.3) is 0 Å². The quantitative estimate of drug-likeness (QED) is 0.570. The van der Waals surface area contributed by atoms with Crippen molar-refractivity contribution in [3.05, 3.63) is 29.6 Å². The lowest BCUT2D eigenvalue weighted by Gasteiger charge is -2.07. The highest BCUT2D eigenvalue weighted by Gasteiger charge is 2.32. The second-order valence-electron chi connectivity index (χ2n) is 2.59. The lowest BCUT2D eigenvalue weighted by atomic mass is 10.2. The average Bonchev–Trinajstić information content (AvgIpc) is 2.03. The smallest absolute Gasteiger partial charge is 0.251 e. The molecule has 0 fully saturated rings. The summed E-state index contributed by atoms with van der Waals surface area (Å²) in [6.07, 6.45) is -3.08. The molecule has 0 aliphatic rings. The molecular formula is C8H7F3IN. The topological polar surface area (TPSA) is 12.9 Å². The third-order valence-electron chi connectivity index (χ3n) is 1.54. The number of hydrogen-bond donors (Lipinski definition) is 0. The van der Waals surface area contributed by atoms with Crippen LogP contribution < -0.4 is 0 Å². The summed E-state index contributed by atoms with van der Waals surface area (Å²) in [6, 6.07) is 2.46. The molecule has 1 aromatic rings. The van der Waals surface area contributed by atoms with Crippen molar-refractivity contribution in [2.75, 3.05) is 0 Å². The molecule has 0 aromatic carbocycles. The van der Waals surface area contributed by atoms with Crippen molar-refractivity contribution >= 4 is 22.6 Å². The summed E-state index contributed by atoms with van der Waals surface area (Å²) >= 11 is 2.12. The Balaban J connectivity index is 2.94. The van der Waals surface area contributed by atoms with E-state index >= 15 is 0 Å². The van der Waals surface area contributed by atoms with Crippen LogP contribution in [0, 0.1) is 0 Å². The number of rotatable bonds is 1. The van der Waals surface area contributed by atoms with Crippen LogP contribution in [0.2, 0.25) is 0 Å². The highest BCUT2D eigenvalue weighted by atomic mass is 127. The zero-order valence-electron chi connectivity index (χ0n) is 6.77. The Labute approximate surface area is 87.5 Å². The number of nitrogens with zero attached hydrogens (tertiary/aromatic N) is 1. The highest BCUT2D eigenvalue weighted by molar-refractivity contribution is 14.1. The molecular weight excluding hydrogens is 294 g/mol. The van der Waals surface area contributed by atoms with Gasteiger partial charge in [0.1, 0.15) is 5.69 Å². The van der Waals surface area contributed by atoms with Crippen molar-refractivity contribution in [2.24, 2.45) is 0 Å². The van der Waals surface area contributed by atoms with Crippen LogP contribution in [0.4, 0.5) is 13.2 Å². The molecule has 0 amide bonds. The Morgan fingerprint density at radius 1 is 1.38 bits per heavy atom. The second-order valence-corrected chi connectivity index (χ2v) is 4.46. The van der Waals surface area contributed by atoms with Crippen molar-refractivity contribution in [3.8, 4) is 0 Å². The lowest BCUT2D eigenvalue weighted by molar-refractivity contribution is -0.141. The van der Waals surface area contributed by atoms with Crippen molar-refractivity contribution in [1.29, 1.82) is 0 Å². The number of halogens is 4. The molecule has 0 saturated carbocycles. The fraction of sp³-hybridized carbons (Fsp3) is 0.375. The molecule has 1 atom stereocenters. The first kappa shape index (κ1) is 10.7. The monoisotopic (exact) mass is 301 g/mol. The van der Waals surface area contributed by atoms with E-state index in [1.54, 1.807) is 0 Å². The van der Waals surface area contributed by atoms with Crippen LogP contribution in [-0.4, -0.2) is 4.98 Å². The molecule has 72 valence electrons. The van der Waals surface area contributed by atoms with Crippen LogP contribution in [0.5, 0.6) is 0 Å². The van der Waals surface area contributed by atoms with E-state index < -0.39 is 11.9 Å². The Kier molecular flexibility index (Phi) is 3.15. The van der Waals surface area contributed by atoms with Gasteiger partial charge >= 0.3 is 6.18 Å². The van der Waals surface area contributed by atoms with E-state index in [9.17, 15) is 13.2 Å². The molecule has 13 heavy (non-hydrogen) atoms. The van der Waals surface area contributed by atoms with E-state index in [-0.39, 0.29) is 3.92 Å². The minimum atomic E-state index is -4.34. The van der Waals surface area contributed by atoms with Crippen molar-refractivity contribution < 1.29 is 13.2 Å². The van der Waals surface area contributed by atoms with E-state index in [1.165, 1.54) is 12.3 Å². The first-order chi connectivity index (χ1) is 5.91. The van der Waals surface area contributed by atoms with Gasteiger partial charge in [0.15, 0.2) is 0 Å². The number of pyridine rings is 1. The molecule has 0 saturated heterocycles. The van der Waals surface area contributed by atoms with Gasteiger partial charge in [0, 0.05) is 10.1 Å². The van der Waals surface area contributed by atoms with Gasteiger partial charge < -0.3 is 0 Å². The molecule has 0 spiro atoms. The standard InChI is InChI=1S/C8H7F3IN/c1-5(12)6-2-3-7(13-4-6)8(9,10)11/h2-5H,1H3. The van der Waals surface area contributed by atoms with Crippen molar-refractivity contribution in [2.45, 2.75) is 17.0 Å². The summed E-state index contributed by atoms with van der Waals surface area (Å²) in [5.41, 5.74) is -0.0399. The predicted molar refractivity (Wildman–Crippen MR) is 51.7 cm³/mol. The maximum Gasteiger partial charge on any atom is 0.433 e. The van der Waals surface area contributed by atoms with Gasteiger partial charge in [0.05, 0.1) is 0 Å². The van der Waals surface area contributed by atoms with E-state index in [0.717, 1.165) is 11.6 Å². The van der Waals surface area contributed by atoms with Crippen LogP contribution in [0.3, 0.4) is 0 Å². The molecule has 0 aliphatic heterocycles. The predicted octanol–water partition coefficient (Wildman–Crippen LogP) is 3.60. The molecule has 0 radical (unpaired) electrons. The van der Waals surface area contributed by atoms with Gasteiger partial charge in [0.25, 0.3) is 0 Å². The van der Waals surface area contributed by atoms with Gasteiger partial charge in [-0.2, -0.15) is 13.2 Å². The Hall–Kier alpha value is -0.330. The van der Waals surface area contributed by atoms with Crippen LogP contribution in [-0.2, 0) is 6.18 Å². The summed E-state index contributed by atoms with van der Waals surface area (Å²) in [4.78, 5) is 3.34. The first-order valence-corrected chi connectivity index (χ1v) is 4.83. The van der Waals surface area contributed by atoms with Gasteiger partial charge in [-0.05, 0) is 18.6 Å². The average molecular weight is 301 g/mol. The molecule has 1 unspecified atom stereocenters. The minimum absolute atomic E-state index is 0.174. The van der Waals surface area contributed by atoms with Gasteiger partial charge in [-0.1, -0.05) is 28.7 Å². The second kappa shape index (κ2) is 3.81. The molecule has 1 aromatic heterocycles. The maximum atomic E-state index is 12.1. The van der Waals surface area contributed by atoms with E-state index in [2.05, 4.69) is 27.6 Å². The van der Waals surface area contributed by atoms with E-state index in [1.807, 2.05) is 6.92 Å². The van der Waals surface area contributed by atoms with Crippen LogP contribution in [0.15, 0.2) is 18.3 Å². The molecule has 1 rings (SSSR count). The fourth-order valence-electron chi connectivity index (χ4n) is 0.808. The molecule has 1 heterocycles. The minimum Gasteiger partial charge on any atom is -0.251 e. The molecule has 1 nitrogen and oxygen atoms in total. The van der Waals surface area contributed by atoms with Crippen LogP contribution in [0.1, 0.15) is 22.1 Å². The van der Waals surface area contributed by atoms with Gasteiger partial charge in [0.2, 0.25) is 0 Å². The molecule has 5 heteroatoms. The van der Waals surface area contributed by atoms with Gasteiger partial charge in [-0.3, -0.25) is 4.98 Å². The van der Waals surface area contributed by atoms with E-state index in [0.29, 0.717) is 0 Å². The molecule has 0 N–H and O–H groups in total. The SMILES string of the molecule is CC(I)c1ccc(C(F)(F)F)nc1. The number of alkyl halides is 4. The highest BCUT2D eigenvalue weighted by Crippen LogP contribution is 2.29. The maximum absolute atomic E-state index is 12.1. The van der Waals surface area contributed by atoms with Gasteiger partial charge in [-0.25, -0.2) is 0 Å². The number of hydrogen-bond acceptors (Lipinski definition) is 1. The summed E-state index contributed by atoms with van der Waals surface area (Å²) in [7, 11) is 0.